The number of alkyl halides is 2. The van der Waals surface area contributed by atoms with Gasteiger partial charge in [-0.3, -0.25) is 19.3 Å². The second kappa shape index (κ2) is 9.76. The number of halogens is 2. The minimum absolute atomic E-state index is 0.123. The SMILES string of the molecule is Cc1cccc(C)c1NC(=O)COC(=O)c1cccc(N2C(=O)[C@H]3C[C@H](Cl)[C@@H](Cl)C[C@H]3C2=O)c1. The minimum Gasteiger partial charge on any atom is -0.452 e. The lowest BCUT2D eigenvalue weighted by Crippen LogP contribution is -2.34. The van der Waals surface area contributed by atoms with E-state index in [0.29, 0.717) is 18.5 Å². The fourth-order valence-electron chi connectivity index (χ4n) is 4.52. The number of imide groups is 1. The molecule has 4 atom stereocenters. The molecular weight excluding hydrogens is 479 g/mol. The molecule has 0 bridgehead atoms. The summed E-state index contributed by atoms with van der Waals surface area (Å²) in [6, 6.07) is 11.7. The van der Waals surface area contributed by atoms with Crippen LogP contribution < -0.4 is 10.2 Å². The van der Waals surface area contributed by atoms with Gasteiger partial charge in [0, 0.05) is 5.69 Å². The first kappa shape index (κ1) is 24.2. The van der Waals surface area contributed by atoms with Crippen LogP contribution in [0.3, 0.4) is 0 Å². The molecule has 7 nitrogen and oxygen atoms in total. The zero-order valence-corrected chi connectivity index (χ0v) is 20.2. The van der Waals surface area contributed by atoms with Gasteiger partial charge in [0.2, 0.25) is 11.8 Å². The quantitative estimate of drug-likeness (QED) is 0.375. The summed E-state index contributed by atoms with van der Waals surface area (Å²) in [5, 5.41) is 2.00. The normalized spacial score (nSPS) is 24.1. The fourth-order valence-corrected chi connectivity index (χ4v) is 5.11. The lowest BCUT2D eigenvalue weighted by Gasteiger charge is -2.28. The Morgan fingerprint density at radius 3 is 2.12 bits per heavy atom. The summed E-state index contributed by atoms with van der Waals surface area (Å²) in [4.78, 5) is 51.9. The van der Waals surface area contributed by atoms with E-state index in [2.05, 4.69) is 5.32 Å². The van der Waals surface area contributed by atoms with Crippen LogP contribution in [0.15, 0.2) is 42.5 Å². The van der Waals surface area contributed by atoms with Gasteiger partial charge < -0.3 is 10.1 Å². The Bertz CT molecular complexity index is 1120. The van der Waals surface area contributed by atoms with E-state index in [1.54, 1.807) is 12.1 Å². The third kappa shape index (κ3) is 4.68. The van der Waals surface area contributed by atoms with Crippen molar-refractivity contribution in [3.8, 4) is 0 Å². The number of esters is 1. The molecule has 9 heteroatoms. The summed E-state index contributed by atoms with van der Waals surface area (Å²) in [5.41, 5.74) is 2.87. The Hall–Kier alpha value is -2.90. The number of nitrogens with zero attached hydrogens (tertiary/aromatic N) is 1. The number of aryl methyl sites for hydroxylation is 2. The van der Waals surface area contributed by atoms with Gasteiger partial charge in [0.05, 0.1) is 33.8 Å². The van der Waals surface area contributed by atoms with Crippen molar-refractivity contribution in [1.82, 2.24) is 0 Å². The van der Waals surface area contributed by atoms with E-state index in [-0.39, 0.29) is 33.8 Å². The van der Waals surface area contributed by atoms with Crippen LogP contribution in [0.5, 0.6) is 0 Å². The number of hydrogen-bond acceptors (Lipinski definition) is 5. The Kier molecular flexibility index (Phi) is 6.96. The Morgan fingerprint density at radius 1 is 0.971 bits per heavy atom. The molecular formula is C25H24Cl2N2O5. The molecule has 1 aliphatic heterocycles. The molecule has 1 heterocycles. The van der Waals surface area contributed by atoms with E-state index in [1.807, 2.05) is 32.0 Å². The first-order valence-corrected chi connectivity index (χ1v) is 11.8. The summed E-state index contributed by atoms with van der Waals surface area (Å²) in [6.07, 6.45) is 0.664. The third-order valence-corrected chi connectivity index (χ3v) is 7.43. The topological polar surface area (TPSA) is 92.8 Å². The average molecular weight is 503 g/mol. The van der Waals surface area contributed by atoms with Crippen LogP contribution in [0, 0.1) is 25.7 Å². The lowest BCUT2D eigenvalue weighted by atomic mass is 9.80. The molecule has 1 saturated carbocycles. The molecule has 2 aromatic rings. The van der Waals surface area contributed by atoms with Crippen LogP contribution in [0.2, 0.25) is 0 Å². The molecule has 1 N–H and O–H groups in total. The summed E-state index contributed by atoms with van der Waals surface area (Å²) >= 11 is 12.5. The predicted octanol–water partition coefficient (Wildman–Crippen LogP) is 4.21. The molecule has 2 aliphatic rings. The van der Waals surface area contributed by atoms with E-state index in [4.69, 9.17) is 27.9 Å². The maximum absolute atomic E-state index is 13.0. The standard InChI is InChI=1S/C25H24Cl2N2O5/c1-13-5-3-6-14(2)22(13)28-21(30)12-34-25(33)15-7-4-8-16(9-15)29-23(31)17-10-19(26)20(27)11-18(17)24(29)32/h3-9,17-20H,10-12H2,1-2H3,(H,28,30)/t17-,18+,19-,20-/m0/s1. The van der Waals surface area contributed by atoms with Crippen molar-refractivity contribution in [2.45, 2.75) is 37.4 Å². The highest BCUT2D eigenvalue weighted by atomic mass is 35.5. The Balaban J connectivity index is 1.43. The Morgan fingerprint density at radius 2 is 1.53 bits per heavy atom. The molecule has 1 aliphatic carbocycles. The van der Waals surface area contributed by atoms with Gasteiger partial charge in [0.1, 0.15) is 0 Å². The fraction of sp³-hybridized carbons (Fsp3) is 0.360. The van der Waals surface area contributed by atoms with Crippen molar-refractivity contribution in [3.05, 3.63) is 59.2 Å². The number of benzene rings is 2. The van der Waals surface area contributed by atoms with Gasteiger partial charge in [-0.2, -0.15) is 0 Å². The van der Waals surface area contributed by atoms with E-state index >= 15 is 0 Å². The molecule has 3 amide bonds. The van der Waals surface area contributed by atoms with E-state index < -0.39 is 30.3 Å². The van der Waals surface area contributed by atoms with Gasteiger partial charge in [-0.15, -0.1) is 23.2 Å². The number of hydrogen-bond donors (Lipinski definition) is 1. The number of carbonyl (C=O) groups is 4. The maximum Gasteiger partial charge on any atom is 0.338 e. The second-order valence-corrected chi connectivity index (χ2v) is 9.79. The molecule has 178 valence electrons. The summed E-state index contributed by atoms with van der Waals surface area (Å²) in [5.74, 6) is -2.94. The van der Waals surface area contributed by atoms with Crippen LogP contribution in [-0.2, 0) is 19.1 Å². The smallest absolute Gasteiger partial charge is 0.338 e. The number of nitrogens with one attached hydrogen (secondary N) is 1. The molecule has 0 aromatic heterocycles. The highest BCUT2D eigenvalue weighted by Gasteiger charge is 2.52. The van der Waals surface area contributed by atoms with Gasteiger partial charge in [-0.05, 0) is 56.0 Å². The first-order chi connectivity index (χ1) is 16.2. The molecule has 0 radical (unpaired) electrons. The number of carbonyl (C=O) groups excluding carboxylic acids is 4. The molecule has 4 rings (SSSR count). The molecule has 34 heavy (non-hydrogen) atoms. The Labute approximate surface area is 207 Å². The number of rotatable bonds is 5. The van der Waals surface area contributed by atoms with Crippen molar-refractivity contribution in [1.29, 1.82) is 0 Å². The van der Waals surface area contributed by atoms with Crippen molar-refractivity contribution in [3.63, 3.8) is 0 Å². The highest BCUT2D eigenvalue weighted by Crippen LogP contribution is 2.43. The number of anilines is 2. The van der Waals surface area contributed by atoms with Crippen molar-refractivity contribution in [2.75, 3.05) is 16.8 Å². The predicted molar refractivity (Wildman–Crippen MR) is 129 cm³/mol. The molecule has 2 aromatic carbocycles. The second-order valence-electron chi connectivity index (χ2n) is 8.67. The van der Waals surface area contributed by atoms with Crippen molar-refractivity contribution >= 4 is 58.3 Å². The molecule has 1 saturated heterocycles. The monoisotopic (exact) mass is 502 g/mol. The zero-order valence-electron chi connectivity index (χ0n) is 18.7. The molecule has 2 fully saturated rings. The van der Waals surface area contributed by atoms with Crippen LogP contribution in [0.25, 0.3) is 0 Å². The molecule has 0 unspecified atom stereocenters. The first-order valence-electron chi connectivity index (χ1n) is 11.0. The van der Waals surface area contributed by atoms with Crippen molar-refractivity contribution < 1.29 is 23.9 Å². The summed E-state index contributed by atoms with van der Waals surface area (Å²) < 4.78 is 5.16. The van der Waals surface area contributed by atoms with E-state index in [9.17, 15) is 19.2 Å². The van der Waals surface area contributed by atoms with Crippen LogP contribution in [-0.4, -0.2) is 41.1 Å². The van der Waals surface area contributed by atoms with Crippen LogP contribution >= 0.6 is 23.2 Å². The van der Waals surface area contributed by atoms with E-state index in [1.165, 1.54) is 12.1 Å². The summed E-state index contributed by atoms with van der Waals surface area (Å²) in [6.45, 7) is 3.27. The van der Waals surface area contributed by atoms with Gasteiger partial charge >= 0.3 is 5.97 Å². The number of para-hydroxylation sites is 1. The largest absolute Gasteiger partial charge is 0.452 e. The molecule has 0 spiro atoms. The van der Waals surface area contributed by atoms with Gasteiger partial charge in [-0.1, -0.05) is 24.3 Å². The number of ether oxygens (including phenoxy) is 1. The number of amides is 3. The minimum atomic E-state index is -0.739. The summed E-state index contributed by atoms with van der Waals surface area (Å²) in [7, 11) is 0. The van der Waals surface area contributed by atoms with E-state index in [0.717, 1.165) is 16.0 Å². The van der Waals surface area contributed by atoms with Crippen molar-refractivity contribution in [2.24, 2.45) is 11.8 Å². The third-order valence-electron chi connectivity index (χ3n) is 6.33. The average Bonchev–Trinajstić information content (AvgIpc) is 3.04. The van der Waals surface area contributed by atoms with Gasteiger partial charge in [0.25, 0.3) is 5.91 Å². The van der Waals surface area contributed by atoms with Crippen LogP contribution in [0.4, 0.5) is 11.4 Å². The lowest BCUT2D eigenvalue weighted by molar-refractivity contribution is -0.122. The van der Waals surface area contributed by atoms with Gasteiger partial charge in [0.15, 0.2) is 6.61 Å². The maximum atomic E-state index is 13.0. The highest BCUT2D eigenvalue weighted by molar-refractivity contribution is 6.31. The number of fused-ring (bicyclic) bond motifs is 1. The van der Waals surface area contributed by atoms with Gasteiger partial charge in [-0.25, -0.2) is 4.79 Å². The van der Waals surface area contributed by atoms with Crippen LogP contribution in [0.1, 0.15) is 34.3 Å². The zero-order chi connectivity index (χ0) is 24.6.